The first-order valence-electron chi connectivity index (χ1n) is 5.58. The number of aliphatic carboxylic acids is 1. The zero-order chi connectivity index (χ0) is 13.5. The van der Waals surface area contributed by atoms with Gasteiger partial charge < -0.3 is 5.11 Å². The number of carboxylic acids is 1. The van der Waals surface area contributed by atoms with Crippen molar-refractivity contribution < 1.29 is 22.7 Å². The normalized spacial score (nSPS) is 26.9. The fourth-order valence-electron chi connectivity index (χ4n) is 2.33. The van der Waals surface area contributed by atoms with Crippen molar-refractivity contribution in [2.75, 3.05) is 5.75 Å². The second-order valence-electron chi connectivity index (χ2n) is 4.36. The van der Waals surface area contributed by atoms with Gasteiger partial charge in [-0.2, -0.15) is 0 Å². The molecule has 6 heteroatoms. The van der Waals surface area contributed by atoms with Crippen LogP contribution in [0.3, 0.4) is 0 Å². The third kappa shape index (κ3) is 2.12. The third-order valence-corrected chi connectivity index (χ3v) is 5.51. The van der Waals surface area contributed by atoms with Gasteiger partial charge in [0.2, 0.25) is 0 Å². The average molecular weight is 272 g/mol. The summed E-state index contributed by atoms with van der Waals surface area (Å²) in [6, 6.07) is 5.46. The summed E-state index contributed by atoms with van der Waals surface area (Å²) in [6.45, 7) is 1.48. The van der Waals surface area contributed by atoms with Crippen LogP contribution < -0.4 is 0 Å². The maximum atomic E-state index is 13.1. The lowest BCUT2D eigenvalue weighted by Gasteiger charge is -2.00. The smallest absolute Gasteiger partial charge is 0.308 e. The van der Waals surface area contributed by atoms with Crippen molar-refractivity contribution in [2.24, 2.45) is 5.92 Å². The summed E-state index contributed by atoms with van der Waals surface area (Å²) in [7, 11) is -3.43. The molecule has 1 aromatic rings. The lowest BCUT2D eigenvalue weighted by molar-refractivity contribution is -0.138. The van der Waals surface area contributed by atoms with E-state index in [2.05, 4.69) is 0 Å². The molecule has 18 heavy (non-hydrogen) atoms. The van der Waals surface area contributed by atoms with Crippen molar-refractivity contribution in [1.29, 1.82) is 0 Å². The Labute approximate surface area is 104 Å². The highest BCUT2D eigenvalue weighted by molar-refractivity contribution is 7.92. The van der Waals surface area contributed by atoms with Crippen molar-refractivity contribution in [3.05, 3.63) is 35.6 Å². The molecule has 0 amide bonds. The van der Waals surface area contributed by atoms with Crippen LogP contribution in [-0.2, 0) is 14.6 Å². The number of carbonyl (C=O) groups is 1. The third-order valence-electron chi connectivity index (χ3n) is 3.29. The number of sulfone groups is 1. The molecule has 0 spiro atoms. The van der Waals surface area contributed by atoms with Crippen LogP contribution in [-0.4, -0.2) is 30.5 Å². The van der Waals surface area contributed by atoms with Crippen LogP contribution in [0.15, 0.2) is 24.3 Å². The van der Waals surface area contributed by atoms with E-state index >= 15 is 0 Å². The Morgan fingerprint density at radius 3 is 2.61 bits per heavy atom. The summed E-state index contributed by atoms with van der Waals surface area (Å²) in [5.74, 6) is -3.34. The molecule has 1 fully saturated rings. The van der Waals surface area contributed by atoms with Crippen molar-refractivity contribution in [1.82, 2.24) is 0 Å². The lowest BCUT2D eigenvalue weighted by atomic mass is 10.1. The second kappa shape index (κ2) is 4.35. The van der Waals surface area contributed by atoms with Gasteiger partial charge in [-0.1, -0.05) is 19.1 Å². The molecule has 1 aliphatic rings. The van der Waals surface area contributed by atoms with Gasteiger partial charge in [0.1, 0.15) is 5.82 Å². The number of hydrogen-bond donors (Lipinski definition) is 1. The van der Waals surface area contributed by atoms with Gasteiger partial charge in [0.15, 0.2) is 9.84 Å². The molecule has 0 radical (unpaired) electrons. The lowest BCUT2D eigenvalue weighted by Crippen LogP contribution is -2.14. The highest BCUT2D eigenvalue weighted by atomic mass is 32.2. The summed E-state index contributed by atoms with van der Waals surface area (Å²) in [4.78, 5) is 11.0. The van der Waals surface area contributed by atoms with E-state index in [1.54, 1.807) is 6.07 Å². The first-order chi connectivity index (χ1) is 8.38. The van der Waals surface area contributed by atoms with Gasteiger partial charge in [-0.3, -0.25) is 4.79 Å². The summed E-state index contributed by atoms with van der Waals surface area (Å²) < 4.78 is 36.7. The van der Waals surface area contributed by atoms with Crippen LogP contribution in [0, 0.1) is 11.7 Å². The van der Waals surface area contributed by atoms with Crippen molar-refractivity contribution in [2.45, 2.75) is 18.1 Å². The predicted octanol–water partition coefficient (Wildman–Crippen LogP) is 1.43. The first-order valence-corrected chi connectivity index (χ1v) is 7.30. The zero-order valence-corrected chi connectivity index (χ0v) is 10.5. The Kier molecular flexibility index (Phi) is 3.14. The van der Waals surface area contributed by atoms with Crippen molar-refractivity contribution >= 4 is 15.8 Å². The molecule has 1 aliphatic carbocycles. The Morgan fingerprint density at radius 1 is 1.44 bits per heavy atom. The quantitative estimate of drug-likeness (QED) is 0.900. The maximum Gasteiger partial charge on any atom is 0.308 e. The molecular weight excluding hydrogens is 259 g/mol. The highest BCUT2D eigenvalue weighted by Gasteiger charge is 2.62. The largest absolute Gasteiger partial charge is 0.481 e. The Morgan fingerprint density at radius 2 is 2.11 bits per heavy atom. The van der Waals surface area contributed by atoms with E-state index in [0.717, 1.165) is 0 Å². The van der Waals surface area contributed by atoms with E-state index in [0.29, 0.717) is 5.56 Å². The molecule has 1 N–H and O–H groups in total. The summed E-state index contributed by atoms with van der Waals surface area (Å²) in [5.41, 5.74) is 0.435. The minimum Gasteiger partial charge on any atom is -0.481 e. The van der Waals surface area contributed by atoms with Crippen molar-refractivity contribution in [3.63, 3.8) is 0 Å². The van der Waals surface area contributed by atoms with E-state index in [1.807, 2.05) is 0 Å². The van der Waals surface area contributed by atoms with Crippen LogP contribution in [0.2, 0.25) is 0 Å². The molecule has 0 unspecified atom stereocenters. The Hall–Kier alpha value is -1.43. The van der Waals surface area contributed by atoms with Gasteiger partial charge in [-0.15, -0.1) is 0 Å². The molecule has 0 aliphatic heterocycles. The molecule has 98 valence electrons. The summed E-state index contributed by atoms with van der Waals surface area (Å²) in [6.07, 6.45) is 0. The molecular formula is C12H13FO4S. The van der Waals surface area contributed by atoms with Crippen LogP contribution in [0.5, 0.6) is 0 Å². The molecule has 4 nitrogen and oxygen atoms in total. The van der Waals surface area contributed by atoms with Gasteiger partial charge in [-0.05, 0) is 17.7 Å². The van der Waals surface area contributed by atoms with Gasteiger partial charge >= 0.3 is 5.97 Å². The van der Waals surface area contributed by atoms with E-state index in [4.69, 9.17) is 5.11 Å². The fourth-order valence-corrected chi connectivity index (χ4v) is 4.13. The van der Waals surface area contributed by atoms with E-state index in [-0.39, 0.29) is 5.75 Å². The molecule has 1 saturated carbocycles. The second-order valence-corrected chi connectivity index (χ2v) is 6.81. The standard InChI is InChI=1S/C12H13FO4S/c1-2-18(16,17)11-9(10(11)12(14)15)7-4-3-5-8(13)6-7/h3-6,9-11H,2H2,1H3,(H,14,15)/t9-,10-,11+/m0/s1. The summed E-state index contributed by atoms with van der Waals surface area (Å²) >= 11 is 0. The number of carboxylic acid groups (broad SMARTS) is 1. The Bertz CT molecular complexity index is 581. The van der Waals surface area contributed by atoms with Gasteiger partial charge in [0.25, 0.3) is 0 Å². The highest BCUT2D eigenvalue weighted by Crippen LogP contribution is 2.52. The number of halogens is 1. The average Bonchev–Trinajstić information content (AvgIpc) is 3.05. The molecule has 2 rings (SSSR count). The Balaban J connectivity index is 2.37. The van der Waals surface area contributed by atoms with E-state index in [1.165, 1.54) is 25.1 Å². The molecule has 0 aromatic heterocycles. The minimum absolute atomic E-state index is 0.104. The first kappa shape index (κ1) is 13.0. The number of benzene rings is 1. The molecule has 0 saturated heterocycles. The minimum atomic E-state index is -3.43. The van der Waals surface area contributed by atoms with Gasteiger partial charge in [0, 0.05) is 11.7 Å². The van der Waals surface area contributed by atoms with Crippen molar-refractivity contribution in [3.8, 4) is 0 Å². The molecule has 0 heterocycles. The van der Waals surface area contributed by atoms with Crippen LogP contribution in [0.4, 0.5) is 4.39 Å². The van der Waals surface area contributed by atoms with E-state index < -0.39 is 38.7 Å². The monoisotopic (exact) mass is 272 g/mol. The topological polar surface area (TPSA) is 71.4 Å². The molecule has 0 bridgehead atoms. The maximum absolute atomic E-state index is 13.1. The van der Waals surface area contributed by atoms with Crippen LogP contribution in [0.1, 0.15) is 18.4 Å². The van der Waals surface area contributed by atoms with Gasteiger partial charge in [-0.25, -0.2) is 12.8 Å². The fraction of sp³-hybridized carbons (Fsp3) is 0.417. The zero-order valence-electron chi connectivity index (χ0n) is 9.71. The SMILES string of the molecule is CCS(=O)(=O)[C@H]1[C@@H](C(=O)O)[C@@H]1c1cccc(F)c1. The number of rotatable bonds is 4. The van der Waals surface area contributed by atoms with E-state index in [9.17, 15) is 17.6 Å². The predicted molar refractivity (Wildman–Crippen MR) is 63.5 cm³/mol. The number of hydrogen-bond acceptors (Lipinski definition) is 3. The molecule has 1 aromatic carbocycles. The van der Waals surface area contributed by atoms with Gasteiger partial charge in [0.05, 0.1) is 11.2 Å². The molecule has 3 atom stereocenters. The van der Waals surface area contributed by atoms with Crippen LogP contribution >= 0.6 is 0 Å². The van der Waals surface area contributed by atoms with Crippen LogP contribution in [0.25, 0.3) is 0 Å². The summed E-state index contributed by atoms with van der Waals surface area (Å²) in [5, 5.41) is 8.10.